The smallest absolute Gasteiger partial charge is 0.229 e. The average molecular weight is 295 g/mol. The molecule has 1 aromatic heterocycles. The molecule has 0 aliphatic carbocycles. The Hall–Kier alpha value is -1.94. The molecule has 0 N–H and O–H groups in total. The molecule has 5 heteroatoms. The number of benzene rings is 1. The molecule has 1 aromatic carbocycles. The molecule has 106 valence electrons. The SMILES string of the molecule is CCc1ccc(C(=O)c2cc(OC)c(OC)cc2Cl)o1. The molecule has 0 amide bonds. The van der Waals surface area contributed by atoms with E-state index in [0.29, 0.717) is 22.1 Å². The number of rotatable bonds is 5. The second kappa shape index (κ2) is 6.01. The third-order valence-corrected chi connectivity index (χ3v) is 3.26. The molecule has 0 atom stereocenters. The van der Waals surface area contributed by atoms with Crippen molar-refractivity contribution in [2.24, 2.45) is 0 Å². The third kappa shape index (κ3) is 2.65. The fourth-order valence-electron chi connectivity index (χ4n) is 1.85. The summed E-state index contributed by atoms with van der Waals surface area (Å²) < 4.78 is 15.8. The van der Waals surface area contributed by atoms with E-state index < -0.39 is 0 Å². The van der Waals surface area contributed by atoms with Crippen LogP contribution in [-0.4, -0.2) is 20.0 Å². The molecule has 0 aliphatic rings. The van der Waals surface area contributed by atoms with Crippen molar-refractivity contribution in [1.82, 2.24) is 0 Å². The molecule has 0 bridgehead atoms. The molecule has 4 nitrogen and oxygen atoms in total. The summed E-state index contributed by atoms with van der Waals surface area (Å²) in [6.07, 6.45) is 0.729. The highest BCUT2D eigenvalue weighted by molar-refractivity contribution is 6.35. The van der Waals surface area contributed by atoms with Gasteiger partial charge in [-0.15, -0.1) is 0 Å². The first-order valence-corrected chi connectivity index (χ1v) is 6.53. The Morgan fingerprint density at radius 3 is 2.40 bits per heavy atom. The van der Waals surface area contributed by atoms with Gasteiger partial charge in [-0.05, 0) is 18.2 Å². The van der Waals surface area contributed by atoms with Gasteiger partial charge in [0.25, 0.3) is 0 Å². The molecule has 0 radical (unpaired) electrons. The van der Waals surface area contributed by atoms with Crippen LogP contribution in [0.5, 0.6) is 11.5 Å². The van der Waals surface area contributed by atoms with Crippen LogP contribution in [0, 0.1) is 0 Å². The van der Waals surface area contributed by atoms with Gasteiger partial charge in [0.2, 0.25) is 5.78 Å². The van der Waals surface area contributed by atoms with Crippen LogP contribution >= 0.6 is 11.6 Å². The zero-order valence-corrected chi connectivity index (χ0v) is 12.3. The van der Waals surface area contributed by atoms with Crippen LogP contribution < -0.4 is 9.47 Å². The van der Waals surface area contributed by atoms with Gasteiger partial charge in [-0.25, -0.2) is 0 Å². The van der Waals surface area contributed by atoms with Crippen LogP contribution in [0.3, 0.4) is 0 Å². The zero-order chi connectivity index (χ0) is 14.7. The Kier molecular flexibility index (Phi) is 4.35. The molecule has 0 aliphatic heterocycles. The summed E-state index contributed by atoms with van der Waals surface area (Å²) in [5.74, 6) is 1.65. The van der Waals surface area contributed by atoms with Gasteiger partial charge in [0, 0.05) is 18.1 Å². The van der Waals surface area contributed by atoms with Gasteiger partial charge in [0.1, 0.15) is 5.76 Å². The van der Waals surface area contributed by atoms with Crippen molar-refractivity contribution in [1.29, 1.82) is 0 Å². The fraction of sp³-hybridized carbons (Fsp3) is 0.267. The lowest BCUT2D eigenvalue weighted by molar-refractivity contribution is 0.101. The lowest BCUT2D eigenvalue weighted by atomic mass is 10.1. The van der Waals surface area contributed by atoms with Crippen molar-refractivity contribution in [2.75, 3.05) is 14.2 Å². The van der Waals surface area contributed by atoms with Crippen LogP contribution in [0.2, 0.25) is 5.02 Å². The molecule has 0 unspecified atom stereocenters. The van der Waals surface area contributed by atoms with E-state index in [9.17, 15) is 4.79 Å². The molecular formula is C15H15ClO4. The summed E-state index contributed by atoms with van der Waals surface area (Å²) >= 11 is 6.12. The van der Waals surface area contributed by atoms with Crippen LogP contribution in [0.1, 0.15) is 28.8 Å². The number of hydrogen-bond donors (Lipinski definition) is 0. The van der Waals surface area contributed by atoms with E-state index in [2.05, 4.69) is 0 Å². The summed E-state index contributed by atoms with van der Waals surface area (Å²) in [7, 11) is 3.01. The number of furan rings is 1. The summed E-state index contributed by atoms with van der Waals surface area (Å²) in [5, 5.41) is 0.294. The minimum Gasteiger partial charge on any atom is -0.493 e. The monoisotopic (exact) mass is 294 g/mol. The maximum atomic E-state index is 12.4. The largest absolute Gasteiger partial charge is 0.493 e. The van der Waals surface area contributed by atoms with Gasteiger partial charge >= 0.3 is 0 Å². The van der Waals surface area contributed by atoms with Gasteiger partial charge in [-0.2, -0.15) is 0 Å². The first kappa shape index (κ1) is 14.5. The van der Waals surface area contributed by atoms with Crippen LogP contribution in [0.4, 0.5) is 0 Å². The summed E-state index contributed by atoms with van der Waals surface area (Å²) in [6.45, 7) is 1.95. The van der Waals surface area contributed by atoms with Crippen molar-refractivity contribution in [3.8, 4) is 11.5 Å². The first-order valence-electron chi connectivity index (χ1n) is 6.15. The minimum atomic E-state index is -0.282. The van der Waals surface area contributed by atoms with Gasteiger partial charge in [0.15, 0.2) is 17.3 Å². The molecule has 0 saturated heterocycles. The number of ether oxygens (including phenoxy) is 2. The van der Waals surface area contributed by atoms with Gasteiger partial charge in [-0.1, -0.05) is 18.5 Å². The molecule has 0 spiro atoms. The van der Waals surface area contributed by atoms with Crippen molar-refractivity contribution >= 4 is 17.4 Å². The van der Waals surface area contributed by atoms with Gasteiger partial charge in [0.05, 0.1) is 19.2 Å². The molecular weight excluding hydrogens is 280 g/mol. The number of hydrogen-bond acceptors (Lipinski definition) is 4. The highest BCUT2D eigenvalue weighted by Gasteiger charge is 2.19. The molecule has 2 rings (SSSR count). The minimum absolute atomic E-state index is 0.260. The highest BCUT2D eigenvalue weighted by Crippen LogP contribution is 2.34. The second-order valence-electron chi connectivity index (χ2n) is 4.14. The molecule has 0 fully saturated rings. The van der Waals surface area contributed by atoms with Crippen molar-refractivity contribution in [3.05, 3.63) is 46.4 Å². The summed E-state index contributed by atoms with van der Waals surface area (Å²) in [6, 6.07) is 6.53. The molecule has 1 heterocycles. The van der Waals surface area contributed by atoms with Crippen molar-refractivity contribution in [3.63, 3.8) is 0 Å². The number of aryl methyl sites for hydroxylation is 1. The zero-order valence-electron chi connectivity index (χ0n) is 11.5. The number of carbonyl (C=O) groups is 1. The van der Waals surface area contributed by atoms with Crippen LogP contribution in [0.25, 0.3) is 0 Å². The summed E-state index contributed by atoms with van der Waals surface area (Å²) in [5.41, 5.74) is 0.321. The van der Waals surface area contributed by atoms with E-state index in [1.54, 1.807) is 24.3 Å². The van der Waals surface area contributed by atoms with E-state index in [1.807, 2.05) is 6.92 Å². The molecule has 20 heavy (non-hydrogen) atoms. The Labute approximate surface area is 122 Å². The third-order valence-electron chi connectivity index (χ3n) is 2.95. The quantitative estimate of drug-likeness (QED) is 0.788. The van der Waals surface area contributed by atoms with Crippen molar-refractivity contribution in [2.45, 2.75) is 13.3 Å². The number of carbonyl (C=O) groups excluding carboxylic acids is 1. The molecule has 2 aromatic rings. The Morgan fingerprint density at radius 1 is 1.20 bits per heavy atom. The number of methoxy groups -OCH3 is 2. The maximum absolute atomic E-state index is 12.4. The van der Waals surface area contributed by atoms with Gasteiger partial charge in [-0.3, -0.25) is 4.79 Å². The first-order chi connectivity index (χ1) is 9.60. The van der Waals surface area contributed by atoms with Gasteiger partial charge < -0.3 is 13.9 Å². The van der Waals surface area contributed by atoms with Crippen molar-refractivity contribution < 1.29 is 18.7 Å². The lowest BCUT2D eigenvalue weighted by Crippen LogP contribution is -2.02. The maximum Gasteiger partial charge on any atom is 0.229 e. The van der Waals surface area contributed by atoms with E-state index in [1.165, 1.54) is 14.2 Å². The topological polar surface area (TPSA) is 48.7 Å². The second-order valence-corrected chi connectivity index (χ2v) is 4.54. The lowest BCUT2D eigenvalue weighted by Gasteiger charge is -2.10. The standard InChI is InChI=1S/C15H15ClO4/c1-4-9-5-6-12(20-9)15(17)10-7-13(18-2)14(19-3)8-11(10)16/h5-8H,4H2,1-3H3. The van der Waals surface area contributed by atoms with E-state index in [0.717, 1.165) is 12.2 Å². The number of ketones is 1. The predicted molar refractivity (Wildman–Crippen MR) is 76.1 cm³/mol. The fourth-order valence-corrected chi connectivity index (χ4v) is 2.09. The van der Waals surface area contributed by atoms with E-state index in [4.69, 9.17) is 25.5 Å². The average Bonchev–Trinajstić information content (AvgIpc) is 2.95. The number of halogens is 1. The Bertz CT molecular complexity index is 631. The Morgan fingerprint density at radius 2 is 1.85 bits per heavy atom. The molecule has 0 saturated carbocycles. The Balaban J connectivity index is 2.43. The van der Waals surface area contributed by atoms with Crippen LogP contribution in [0.15, 0.2) is 28.7 Å². The highest BCUT2D eigenvalue weighted by atomic mass is 35.5. The summed E-state index contributed by atoms with van der Waals surface area (Å²) in [4.78, 5) is 12.4. The van der Waals surface area contributed by atoms with E-state index in [-0.39, 0.29) is 11.5 Å². The normalized spacial score (nSPS) is 10.4. The van der Waals surface area contributed by atoms with Crippen LogP contribution in [-0.2, 0) is 6.42 Å². The van der Waals surface area contributed by atoms with E-state index >= 15 is 0 Å². The predicted octanol–water partition coefficient (Wildman–Crippen LogP) is 3.74.